The average Bonchev–Trinajstić information content (AvgIpc) is 2.38. The van der Waals surface area contributed by atoms with E-state index in [-0.39, 0.29) is 5.56 Å². The van der Waals surface area contributed by atoms with E-state index in [1.165, 1.54) is 12.1 Å². The Labute approximate surface area is 98.3 Å². The highest BCUT2D eigenvalue weighted by Crippen LogP contribution is 2.06. The van der Waals surface area contributed by atoms with Crippen LogP contribution in [0.25, 0.3) is 0 Å². The van der Waals surface area contributed by atoms with Crippen LogP contribution in [0.1, 0.15) is 15.9 Å². The van der Waals surface area contributed by atoms with E-state index in [0.717, 1.165) is 5.56 Å². The Balaban J connectivity index is 2.01. The summed E-state index contributed by atoms with van der Waals surface area (Å²) in [5, 5.41) is 2.66. The molecule has 0 saturated heterocycles. The van der Waals surface area contributed by atoms with Crippen LogP contribution in [0.3, 0.4) is 0 Å². The number of halogens is 1. The number of carbonyl (C=O) groups is 1. The van der Waals surface area contributed by atoms with Crippen molar-refractivity contribution < 1.29 is 14.2 Å². The zero-order valence-electron chi connectivity index (χ0n) is 9.11. The van der Waals surface area contributed by atoms with Crippen LogP contribution >= 0.6 is 0 Å². The molecule has 0 aliphatic rings. The monoisotopic (exact) mass is 231 g/mol. The lowest BCUT2D eigenvalue weighted by atomic mass is 10.2. The molecule has 1 aromatic carbocycles. The van der Waals surface area contributed by atoms with E-state index in [0.29, 0.717) is 6.54 Å². The van der Waals surface area contributed by atoms with E-state index in [1.54, 1.807) is 24.5 Å². The summed E-state index contributed by atoms with van der Waals surface area (Å²) in [6.07, 6.45) is 3.56. The third-order valence-corrected chi connectivity index (χ3v) is 2.34. The molecule has 0 aliphatic carbocycles. The molecule has 17 heavy (non-hydrogen) atoms. The molecule has 2 rings (SSSR count). The Morgan fingerprint density at radius 2 is 2.06 bits per heavy atom. The molecule has 1 heterocycles. The van der Waals surface area contributed by atoms with Gasteiger partial charge in [0.05, 0.1) is 5.56 Å². The molecule has 0 unspecified atom stereocenters. The van der Waals surface area contributed by atoms with Gasteiger partial charge in [-0.3, -0.25) is 4.79 Å². The molecule has 0 bridgehead atoms. The minimum Gasteiger partial charge on any atom is -0.348 e. The Hall–Kier alpha value is -2.23. The van der Waals surface area contributed by atoms with Gasteiger partial charge >= 0.3 is 0 Å². The summed E-state index contributed by atoms with van der Waals surface area (Å²) in [6.45, 7) is 0.366. The molecule has 0 atom stereocenters. The second-order valence-electron chi connectivity index (χ2n) is 3.57. The first-order chi connectivity index (χ1) is 8.27. The fourth-order valence-electron chi connectivity index (χ4n) is 1.46. The third-order valence-electron chi connectivity index (χ3n) is 2.34. The fraction of sp³-hybridized carbons (Fsp3) is 0.0769. The molecule has 0 saturated carbocycles. The van der Waals surface area contributed by atoms with Gasteiger partial charge in [0.25, 0.3) is 5.91 Å². The van der Waals surface area contributed by atoms with Crippen molar-refractivity contribution >= 4 is 5.91 Å². The Morgan fingerprint density at radius 1 is 1.24 bits per heavy atom. The first-order valence-corrected chi connectivity index (χ1v) is 5.25. The van der Waals surface area contributed by atoms with Gasteiger partial charge in [-0.25, -0.2) is 9.37 Å². The topological polar surface area (TPSA) is 43.2 Å². The lowest BCUT2D eigenvalue weighted by Gasteiger charge is -2.04. The molecule has 0 fully saturated rings. The molecular formula is C13H12FN2O+. The van der Waals surface area contributed by atoms with Crippen LogP contribution in [0.15, 0.2) is 48.8 Å². The first kappa shape index (κ1) is 11.3. The average molecular weight is 231 g/mol. The van der Waals surface area contributed by atoms with Gasteiger partial charge in [-0.1, -0.05) is 12.1 Å². The number of aromatic amines is 1. The van der Waals surface area contributed by atoms with E-state index in [4.69, 9.17) is 0 Å². The highest BCUT2D eigenvalue weighted by atomic mass is 19.1. The summed E-state index contributed by atoms with van der Waals surface area (Å²) in [4.78, 5) is 14.6. The standard InChI is InChI=1S/C13H11FN2O/c14-12-6-2-1-5-11(12)13(17)16-9-10-4-3-7-15-8-10/h1-8H,9H2,(H,16,17)/p+1. The summed E-state index contributed by atoms with van der Waals surface area (Å²) >= 11 is 0. The van der Waals surface area contributed by atoms with E-state index in [2.05, 4.69) is 10.3 Å². The Bertz CT molecular complexity index is 514. The fourth-order valence-corrected chi connectivity index (χ4v) is 1.46. The highest BCUT2D eigenvalue weighted by molar-refractivity contribution is 5.94. The van der Waals surface area contributed by atoms with E-state index < -0.39 is 11.7 Å². The minimum absolute atomic E-state index is 0.0624. The number of hydrogen-bond donors (Lipinski definition) is 1. The minimum atomic E-state index is -0.510. The quantitative estimate of drug-likeness (QED) is 0.856. The van der Waals surface area contributed by atoms with Crippen LogP contribution in [0.2, 0.25) is 0 Å². The number of nitrogens with one attached hydrogen (secondary N) is 2. The van der Waals surface area contributed by atoms with Gasteiger partial charge in [0.2, 0.25) is 0 Å². The number of rotatable bonds is 3. The predicted molar refractivity (Wildman–Crippen MR) is 60.6 cm³/mol. The number of H-pyrrole nitrogens is 1. The molecule has 86 valence electrons. The van der Waals surface area contributed by atoms with Crippen LogP contribution in [0, 0.1) is 5.82 Å². The van der Waals surface area contributed by atoms with Crippen molar-refractivity contribution in [3.63, 3.8) is 0 Å². The molecule has 2 aromatic rings. The maximum atomic E-state index is 13.3. The normalized spacial score (nSPS) is 9.94. The van der Waals surface area contributed by atoms with Crippen molar-refractivity contribution in [1.82, 2.24) is 5.32 Å². The smallest absolute Gasteiger partial charge is 0.254 e. The van der Waals surface area contributed by atoms with Crippen molar-refractivity contribution in [3.05, 3.63) is 65.7 Å². The second-order valence-corrected chi connectivity index (χ2v) is 3.57. The number of pyridine rings is 1. The SMILES string of the molecule is O=C(NCc1ccc[nH+]c1)c1ccccc1F. The van der Waals surface area contributed by atoms with Crippen molar-refractivity contribution in [1.29, 1.82) is 0 Å². The number of hydrogen-bond acceptors (Lipinski definition) is 1. The molecule has 3 nitrogen and oxygen atoms in total. The molecule has 1 amide bonds. The summed E-state index contributed by atoms with van der Waals surface area (Å²) in [5.74, 6) is -0.920. The van der Waals surface area contributed by atoms with Crippen LogP contribution in [-0.4, -0.2) is 5.91 Å². The molecule has 1 aromatic heterocycles. The van der Waals surface area contributed by atoms with E-state index >= 15 is 0 Å². The lowest BCUT2D eigenvalue weighted by molar-refractivity contribution is -0.378. The second kappa shape index (κ2) is 5.21. The van der Waals surface area contributed by atoms with Crippen molar-refractivity contribution in [3.8, 4) is 0 Å². The largest absolute Gasteiger partial charge is 0.348 e. The number of aromatic nitrogens is 1. The molecule has 4 heteroatoms. The number of benzene rings is 1. The van der Waals surface area contributed by atoms with Crippen molar-refractivity contribution in [2.45, 2.75) is 6.54 Å². The predicted octanol–water partition coefficient (Wildman–Crippen LogP) is 1.57. The van der Waals surface area contributed by atoms with Crippen LogP contribution in [0.5, 0.6) is 0 Å². The molecular weight excluding hydrogens is 219 g/mol. The maximum absolute atomic E-state index is 13.3. The molecule has 2 N–H and O–H groups in total. The van der Waals surface area contributed by atoms with Gasteiger partial charge in [0, 0.05) is 18.2 Å². The van der Waals surface area contributed by atoms with Crippen molar-refractivity contribution in [2.24, 2.45) is 0 Å². The van der Waals surface area contributed by atoms with Gasteiger partial charge in [-0.05, 0) is 18.2 Å². The van der Waals surface area contributed by atoms with Crippen LogP contribution in [-0.2, 0) is 6.54 Å². The zero-order valence-corrected chi connectivity index (χ0v) is 9.11. The number of carbonyl (C=O) groups excluding carboxylic acids is 1. The van der Waals surface area contributed by atoms with E-state index in [1.807, 2.05) is 12.1 Å². The summed E-state index contributed by atoms with van der Waals surface area (Å²) in [6, 6.07) is 9.63. The summed E-state index contributed by atoms with van der Waals surface area (Å²) in [7, 11) is 0. The molecule has 0 spiro atoms. The van der Waals surface area contributed by atoms with E-state index in [9.17, 15) is 9.18 Å². The Kier molecular flexibility index (Phi) is 3.45. The lowest BCUT2D eigenvalue weighted by Crippen LogP contribution is -2.24. The summed E-state index contributed by atoms with van der Waals surface area (Å²) < 4.78 is 13.3. The van der Waals surface area contributed by atoms with Gasteiger partial charge in [-0.15, -0.1) is 0 Å². The highest BCUT2D eigenvalue weighted by Gasteiger charge is 2.10. The summed E-state index contributed by atoms with van der Waals surface area (Å²) in [5.41, 5.74) is 0.990. The number of amides is 1. The van der Waals surface area contributed by atoms with Gasteiger partial charge in [0.15, 0.2) is 12.4 Å². The molecule has 0 aliphatic heterocycles. The van der Waals surface area contributed by atoms with Gasteiger partial charge in [-0.2, -0.15) is 0 Å². The first-order valence-electron chi connectivity index (χ1n) is 5.25. The maximum Gasteiger partial charge on any atom is 0.254 e. The Morgan fingerprint density at radius 3 is 2.76 bits per heavy atom. The zero-order chi connectivity index (χ0) is 12.1. The van der Waals surface area contributed by atoms with Crippen LogP contribution < -0.4 is 10.3 Å². The third kappa shape index (κ3) is 2.87. The molecule has 0 radical (unpaired) electrons. The van der Waals surface area contributed by atoms with Gasteiger partial charge < -0.3 is 5.32 Å². The van der Waals surface area contributed by atoms with Crippen LogP contribution in [0.4, 0.5) is 4.39 Å². The van der Waals surface area contributed by atoms with Crippen molar-refractivity contribution in [2.75, 3.05) is 0 Å². The van der Waals surface area contributed by atoms with Gasteiger partial charge in [0.1, 0.15) is 5.82 Å².